The van der Waals surface area contributed by atoms with Crippen LogP contribution in [0.5, 0.6) is 0 Å². The molecule has 1 fully saturated rings. The van der Waals surface area contributed by atoms with Gasteiger partial charge in [0.15, 0.2) is 0 Å². The Morgan fingerprint density at radius 2 is 1.33 bits per heavy atom. The van der Waals surface area contributed by atoms with E-state index in [0.717, 1.165) is 36.3 Å². The summed E-state index contributed by atoms with van der Waals surface area (Å²) in [6.45, 7) is 4.46. The Bertz CT molecular complexity index is 992. The van der Waals surface area contributed by atoms with E-state index < -0.39 is 0 Å². The van der Waals surface area contributed by atoms with Crippen molar-refractivity contribution in [1.82, 2.24) is 0 Å². The fourth-order valence-electron chi connectivity index (χ4n) is 5.38. The van der Waals surface area contributed by atoms with E-state index in [1.807, 2.05) is 6.07 Å². The molecule has 174 valence electrons. The number of rotatable bonds is 9. The van der Waals surface area contributed by atoms with E-state index in [1.54, 1.807) is 6.07 Å². The van der Waals surface area contributed by atoms with Crippen LogP contribution in [0, 0.1) is 11.7 Å². The molecule has 0 atom stereocenters. The molecule has 0 heterocycles. The van der Waals surface area contributed by atoms with Crippen molar-refractivity contribution in [2.24, 2.45) is 5.92 Å². The van der Waals surface area contributed by atoms with Crippen LogP contribution in [0.15, 0.2) is 66.7 Å². The van der Waals surface area contributed by atoms with Crippen molar-refractivity contribution >= 4 is 0 Å². The summed E-state index contributed by atoms with van der Waals surface area (Å²) in [7, 11) is 0. The monoisotopic (exact) mass is 442 g/mol. The number of halogens is 1. The first-order valence-electron chi connectivity index (χ1n) is 13.1. The molecule has 0 radical (unpaired) electrons. The summed E-state index contributed by atoms with van der Waals surface area (Å²) in [5.74, 6) is 1.34. The zero-order chi connectivity index (χ0) is 23.0. The molecule has 3 aromatic rings. The summed E-state index contributed by atoms with van der Waals surface area (Å²) in [5.41, 5.74) is 6.94. The molecule has 3 aromatic carbocycles. The standard InChI is InChI=1S/C32H39F/c1-3-5-6-25-13-17-28(18-14-25)30-21-22-31(32(33)23-30)29-19-15-27(16-20-29)12-11-26-9-7-24(4-2)8-10-26/h7-10,15-16,19-23,25,28H,3-6,11-14,17-18H2,1-2H3. The highest BCUT2D eigenvalue weighted by Gasteiger charge is 2.22. The summed E-state index contributed by atoms with van der Waals surface area (Å²) in [5, 5.41) is 0. The molecule has 0 nitrogen and oxygen atoms in total. The smallest absolute Gasteiger partial charge is 0.131 e. The number of hydrogen-bond donors (Lipinski definition) is 0. The molecular formula is C32H39F. The van der Waals surface area contributed by atoms with Crippen molar-refractivity contribution in [3.8, 4) is 11.1 Å². The molecule has 0 aliphatic heterocycles. The third kappa shape index (κ3) is 6.34. The lowest BCUT2D eigenvalue weighted by Gasteiger charge is -2.29. The quantitative estimate of drug-likeness (QED) is 0.310. The topological polar surface area (TPSA) is 0 Å². The minimum Gasteiger partial charge on any atom is -0.206 e. The Labute approximate surface area is 200 Å². The third-order valence-corrected chi connectivity index (χ3v) is 7.68. The SMILES string of the molecule is CCCCC1CCC(c2ccc(-c3ccc(CCc4ccc(CC)cc4)cc3)c(F)c2)CC1. The average Bonchev–Trinajstić information content (AvgIpc) is 2.87. The third-order valence-electron chi connectivity index (χ3n) is 7.68. The van der Waals surface area contributed by atoms with Crippen LogP contribution in [0.3, 0.4) is 0 Å². The highest BCUT2D eigenvalue weighted by molar-refractivity contribution is 5.65. The summed E-state index contributed by atoms with van der Waals surface area (Å²) >= 11 is 0. The molecule has 0 unspecified atom stereocenters. The summed E-state index contributed by atoms with van der Waals surface area (Å²) in [4.78, 5) is 0. The minimum absolute atomic E-state index is 0.0793. The van der Waals surface area contributed by atoms with Gasteiger partial charge >= 0.3 is 0 Å². The van der Waals surface area contributed by atoms with Crippen molar-refractivity contribution < 1.29 is 4.39 Å². The predicted molar refractivity (Wildman–Crippen MR) is 139 cm³/mol. The lowest BCUT2D eigenvalue weighted by atomic mass is 9.77. The maximum Gasteiger partial charge on any atom is 0.131 e. The molecule has 1 aliphatic rings. The van der Waals surface area contributed by atoms with Crippen LogP contribution in [0.4, 0.5) is 4.39 Å². The summed E-state index contributed by atoms with van der Waals surface area (Å²) in [6.07, 6.45) is 12.2. The maximum atomic E-state index is 15.1. The predicted octanol–water partition coefficient (Wildman–Crippen LogP) is 9.30. The van der Waals surface area contributed by atoms with E-state index >= 15 is 4.39 Å². The highest BCUT2D eigenvalue weighted by Crippen LogP contribution is 2.38. The number of benzene rings is 3. The molecule has 0 amide bonds. The molecule has 1 saturated carbocycles. The van der Waals surface area contributed by atoms with Gasteiger partial charge in [-0.05, 0) is 90.7 Å². The van der Waals surface area contributed by atoms with Gasteiger partial charge in [0.25, 0.3) is 0 Å². The van der Waals surface area contributed by atoms with E-state index in [9.17, 15) is 0 Å². The van der Waals surface area contributed by atoms with Crippen molar-refractivity contribution in [1.29, 1.82) is 0 Å². The second-order valence-electron chi connectivity index (χ2n) is 9.97. The van der Waals surface area contributed by atoms with Gasteiger partial charge in [-0.3, -0.25) is 0 Å². The highest BCUT2D eigenvalue weighted by atomic mass is 19.1. The molecule has 0 N–H and O–H groups in total. The minimum atomic E-state index is -0.0793. The van der Waals surface area contributed by atoms with E-state index in [4.69, 9.17) is 0 Å². The Morgan fingerprint density at radius 3 is 1.91 bits per heavy atom. The molecule has 0 bridgehead atoms. The van der Waals surface area contributed by atoms with Gasteiger partial charge in [-0.25, -0.2) is 4.39 Å². The van der Waals surface area contributed by atoms with E-state index in [2.05, 4.69) is 68.4 Å². The Morgan fingerprint density at radius 1 is 0.727 bits per heavy atom. The van der Waals surface area contributed by atoms with Crippen LogP contribution in [0.2, 0.25) is 0 Å². The lowest BCUT2D eigenvalue weighted by Crippen LogP contribution is -2.13. The zero-order valence-electron chi connectivity index (χ0n) is 20.5. The molecule has 0 spiro atoms. The average molecular weight is 443 g/mol. The lowest BCUT2D eigenvalue weighted by molar-refractivity contribution is 0.304. The van der Waals surface area contributed by atoms with Crippen LogP contribution in [-0.2, 0) is 19.3 Å². The molecule has 33 heavy (non-hydrogen) atoms. The van der Waals surface area contributed by atoms with Crippen molar-refractivity contribution in [3.05, 3.63) is 94.8 Å². The van der Waals surface area contributed by atoms with Gasteiger partial charge in [0.05, 0.1) is 0 Å². The molecule has 1 aliphatic carbocycles. The maximum absolute atomic E-state index is 15.1. The fraction of sp³-hybridized carbons (Fsp3) is 0.438. The number of unbranched alkanes of at least 4 members (excludes halogenated alkanes) is 1. The molecule has 0 aromatic heterocycles. The number of aryl methyl sites for hydroxylation is 3. The fourth-order valence-corrected chi connectivity index (χ4v) is 5.38. The Kier molecular flexibility index (Phi) is 8.37. The van der Waals surface area contributed by atoms with Gasteiger partial charge in [-0.1, -0.05) is 93.8 Å². The first-order chi connectivity index (χ1) is 16.2. The van der Waals surface area contributed by atoms with E-state index in [1.165, 1.54) is 67.2 Å². The van der Waals surface area contributed by atoms with Gasteiger partial charge in [0.1, 0.15) is 5.82 Å². The Balaban J connectivity index is 1.35. The van der Waals surface area contributed by atoms with Gasteiger partial charge < -0.3 is 0 Å². The first-order valence-corrected chi connectivity index (χ1v) is 13.1. The molecule has 1 heteroatoms. The van der Waals surface area contributed by atoms with Crippen LogP contribution in [-0.4, -0.2) is 0 Å². The van der Waals surface area contributed by atoms with Gasteiger partial charge in [0.2, 0.25) is 0 Å². The normalized spacial score (nSPS) is 18.4. The summed E-state index contributed by atoms with van der Waals surface area (Å²) in [6, 6.07) is 23.4. The Hall–Kier alpha value is -2.41. The number of hydrogen-bond acceptors (Lipinski definition) is 0. The van der Waals surface area contributed by atoms with Crippen LogP contribution in [0.25, 0.3) is 11.1 Å². The van der Waals surface area contributed by atoms with Crippen LogP contribution >= 0.6 is 0 Å². The van der Waals surface area contributed by atoms with E-state index in [-0.39, 0.29) is 5.82 Å². The van der Waals surface area contributed by atoms with Crippen molar-refractivity contribution in [2.75, 3.05) is 0 Å². The van der Waals surface area contributed by atoms with Crippen LogP contribution < -0.4 is 0 Å². The summed E-state index contributed by atoms with van der Waals surface area (Å²) < 4.78 is 15.1. The van der Waals surface area contributed by atoms with Crippen molar-refractivity contribution in [3.63, 3.8) is 0 Å². The molecule has 0 saturated heterocycles. The van der Waals surface area contributed by atoms with Crippen LogP contribution in [0.1, 0.15) is 87.0 Å². The molecule has 4 rings (SSSR count). The largest absolute Gasteiger partial charge is 0.206 e. The van der Waals surface area contributed by atoms with Gasteiger partial charge in [-0.15, -0.1) is 0 Å². The molecular weight excluding hydrogens is 403 g/mol. The van der Waals surface area contributed by atoms with E-state index in [0.29, 0.717) is 5.92 Å². The second-order valence-corrected chi connectivity index (χ2v) is 9.97. The van der Waals surface area contributed by atoms with Gasteiger partial charge in [0, 0.05) is 5.56 Å². The second kappa shape index (κ2) is 11.6. The first kappa shape index (κ1) is 23.7. The zero-order valence-corrected chi connectivity index (χ0v) is 20.5. The van der Waals surface area contributed by atoms with Gasteiger partial charge in [-0.2, -0.15) is 0 Å². The van der Waals surface area contributed by atoms with Crippen molar-refractivity contribution in [2.45, 2.75) is 84.0 Å².